The minimum atomic E-state index is 0.130. The van der Waals surface area contributed by atoms with Crippen LogP contribution in [0, 0.1) is 0 Å². The second-order valence-corrected chi connectivity index (χ2v) is 9.28. The number of aromatic nitrogens is 5. The van der Waals surface area contributed by atoms with E-state index in [0.29, 0.717) is 40.2 Å². The predicted octanol–water partition coefficient (Wildman–Crippen LogP) is 3.38. The topological polar surface area (TPSA) is 98.4 Å². The van der Waals surface area contributed by atoms with Gasteiger partial charge in [0.15, 0.2) is 11.3 Å². The van der Waals surface area contributed by atoms with Gasteiger partial charge in [0, 0.05) is 56.9 Å². The molecule has 0 radical (unpaired) electrons. The highest BCUT2D eigenvalue weighted by atomic mass is 16.5. The Kier molecular flexibility index (Phi) is 5.58. The number of methoxy groups -OCH3 is 1. The van der Waals surface area contributed by atoms with Crippen LogP contribution < -0.4 is 4.74 Å². The normalized spacial score (nSPS) is 17.5. The number of likely N-dealkylation sites (tertiary alicyclic amines) is 1. The van der Waals surface area contributed by atoms with Crippen molar-refractivity contribution >= 4 is 11.0 Å². The van der Waals surface area contributed by atoms with Gasteiger partial charge in [0.05, 0.1) is 36.0 Å². The summed E-state index contributed by atoms with van der Waals surface area (Å²) in [5.74, 6) is 1.15. The number of phenols is 1. The quantitative estimate of drug-likeness (QED) is 0.472. The number of rotatable bonds is 5. The van der Waals surface area contributed by atoms with E-state index in [2.05, 4.69) is 20.2 Å². The number of hydrogen-bond donors (Lipinski definition) is 1. The molecule has 0 bridgehead atoms. The highest BCUT2D eigenvalue weighted by Gasteiger charge is 2.35. The Balaban J connectivity index is 1.29. The lowest BCUT2D eigenvalue weighted by Crippen LogP contribution is -2.52. The van der Waals surface area contributed by atoms with Crippen molar-refractivity contribution in [3.05, 3.63) is 48.3 Å². The van der Waals surface area contributed by atoms with Gasteiger partial charge in [-0.3, -0.25) is 9.58 Å². The first kappa shape index (κ1) is 21.9. The first-order chi connectivity index (χ1) is 17.1. The standard InChI is InChI=1S/C26H28N6O3/c1-31-15-22-26(30-31)24(34-2)12-21(27-22)18-4-3-5-23(33)25(18)20-7-6-19(28-29-20)16-13-32(14-16)17-8-10-35-11-9-17/h3-7,12,15-17,33H,8-11,13-14H2,1-2H3. The van der Waals surface area contributed by atoms with E-state index in [0.717, 1.165) is 55.9 Å². The average molecular weight is 473 g/mol. The van der Waals surface area contributed by atoms with Gasteiger partial charge in [-0.05, 0) is 31.0 Å². The monoisotopic (exact) mass is 472 g/mol. The molecule has 0 saturated carbocycles. The number of phenolic OH excluding ortho intramolecular Hbond substituents is 1. The molecule has 2 saturated heterocycles. The van der Waals surface area contributed by atoms with Crippen molar-refractivity contribution in [3.8, 4) is 34.0 Å². The molecule has 2 aliphatic heterocycles. The molecule has 180 valence electrons. The van der Waals surface area contributed by atoms with Crippen LogP contribution >= 0.6 is 0 Å². The zero-order valence-corrected chi connectivity index (χ0v) is 19.9. The smallest absolute Gasteiger partial charge is 0.153 e. The number of aromatic hydroxyl groups is 1. The van der Waals surface area contributed by atoms with Gasteiger partial charge in [-0.2, -0.15) is 15.3 Å². The maximum absolute atomic E-state index is 10.8. The van der Waals surface area contributed by atoms with Gasteiger partial charge in [0.1, 0.15) is 11.3 Å². The van der Waals surface area contributed by atoms with E-state index < -0.39 is 0 Å². The predicted molar refractivity (Wildman–Crippen MR) is 131 cm³/mol. The summed E-state index contributed by atoms with van der Waals surface area (Å²) in [5.41, 5.74) is 5.04. The molecule has 9 heteroatoms. The molecule has 6 rings (SSSR count). The third kappa shape index (κ3) is 4.00. The Morgan fingerprint density at radius 1 is 1.06 bits per heavy atom. The van der Waals surface area contributed by atoms with E-state index in [9.17, 15) is 5.11 Å². The van der Waals surface area contributed by atoms with E-state index in [1.165, 1.54) is 0 Å². The number of benzene rings is 1. The van der Waals surface area contributed by atoms with Crippen LogP contribution in [-0.2, 0) is 11.8 Å². The first-order valence-corrected chi connectivity index (χ1v) is 12.0. The van der Waals surface area contributed by atoms with E-state index in [1.807, 2.05) is 37.5 Å². The third-order valence-electron chi connectivity index (χ3n) is 7.07. The Morgan fingerprint density at radius 3 is 2.63 bits per heavy atom. The number of hydrogen-bond acceptors (Lipinski definition) is 8. The molecule has 0 amide bonds. The van der Waals surface area contributed by atoms with Crippen LogP contribution in [0.5, 0.6) is 11.5 Å². The van der Waals surface area contributed by atoms with Gasteiger partial charge < -0.3 is 14.6 Å². The minimum Gasteiger partial charge on any atom is -0.507 e. The summed E-state index contributed by atoms with van der Waals surface area (Å²) < 4.78 is 12.8. The molecule has 9 nitrogen and oxygen atoms in total. The summed E-state index contributed by atoms with van der Waals surface area (Å²) in [6, 6.07) is 11.8. The number of aryl methyl sites for hydroxylation is 1. The Bertz CT molecular complexity index is 1360. The van der Waals surface area contributed by atoms with E-state index in [4.69, 9.17) is 14.5 Å². The van der Waals surface area contributed by atoms with E-state index in [1.54, 1.807) is 23.9 Å². The highest BCUT2D eigenvalue weighted by Crippen LogP contribution is 2.39. The van der Waals surface area contributed by atoms with Crippen molar-refractivity contribution in [3.63, 3.8) is 0 Å². The molecule has 2 fully saturated rings. The third-order valence-corrected chi connectivity index (χ3v) is 7.07. The number of pyridine rings is 1. The van der Waals surface area contributed by atoms with Gasteiger partial charge in [-0.25, -0.2) is 4.98 Å². The molecular weight excluding hydrogens is 444 g/mol. The second kappa shape index (κ2) is 8.90. The zero-order chi connectivity index (χ0) is 23.9. The average Bonchev–Trinajstić information content (AvgIpc) is 3.24. The van der Waals surface area contributed by atoms with Crippen LogP contribution in [0.25, 0.3) is 33.5 Å². The summed E-state index contributed by atoms with van der Waals surface area (Å²) in [6.45, 7) is 3.74. The number of ether oxygens (including phenoxy) is 2. The molecule has 2 aliphatic rings. The molecular formula is C26H28N6O3. The molecule has 0 unspecified atom stereocenters. The van der Waals surface area contributed by atoms with Crippen LogP contribution in [0.1, 0.15) is 24.5 Å². The van der Waals surface area contributed by atoms with Crippen molar-refractivity contribution in [2.75, 3.05) is 33.4 Å². The Morgan fingerprint density at radius 2 is 1.89 bits per heavy atom. The lowest BCUT2D eigenvalue weighted by molar-refractivity contribution is 0.000892. The largest absolute Gasteiger partial charge is 0.507 e. The highest BCUT2D eigenvalue weighted by molar-refractivity contribution is 5.89. The maximum atomic E-state index is 10.8. The summed E-state index contributed by atoms with van der Waals surface area (Å²) in [4.78, 5) is 7.31. The lowest BCUT2D eigenvalue weighted by atomic mass is 9.91. The second-order valence-electron chi connectivity index (χ2n) is 9.28. The van der Waals surface area contributed by atoms with Gasteiger partial charge in [-0.1, -0.05) is 12.1 Å². The van der Waals surface area contributed by atoms with Crippen LogP contribution in [0.15, 0.2) is 42.6 Å². The maximum Gasteiger partial charge on any atom is 0.153 e. The molecule has 1 N–H and O–H groups in total. The van der Waals surface area contributed by atoms with Crippen molar-refractivity contribution in [2.24, 2.45) is 7.05 Å². The lowest BCUT2D eigenvalue weighted by Gasteiger charge is -2.45. The number of fused-ring (bicyclic) bond motifs is 1. The van der Waals surface area contributed by atoms with Crippen LogP contribution in [0.3, 0.4) is 0 Å². The summed E-state index contributed by atoms with van der Waals surface area (Å²) in [6.07, 6.45) is 4.06. The molecule has 4 aromatic rings. The Labute approximate surface area is 203 Å². The minimum absolute atomic E-state index is 0.130. The Hall–Kier alpha value is -3.56. The van der Waals surface area contributed by atoms with Crippen LogP contribution in [-0.4, -0.2) is 74.4 Å². The van der Waals surface area contributed by atoms with Gasteiger partial charge >= 0.3 is 0 Å². The molecule has 3 aromatic heterocycles. The molecule has 0 spiro atoms. The summed E-state index contributed by atoms with van der Waals surface area (Å²) in [7, 11) is 3.47. The fourth-order valence-electron chi connectivity index (χ4n) is 5.15. The molecule has 0 aliphatic carbocycles. The van der Waals surface area contributed by atoms with Crippen molar-refractivity contribution < 1.29 is 14.6 Å². The van der Waals surface area contributed by atoms with Crippen molar-refractivity contribution in [1.29, 1.82) is 0 Å². The van der Waals surface area contributed by atoms with Gasteiger partial charge in [0.25, 0.3) is 0 Å². The molecule has 5 heterocycles. The van der Waals surface area contributed by atoms with Gasteiger partial charge in [-0.15, -0.1) is 0 Å². The molecule has 35 heavy (non-hydrogen) atoms. The fraction of sp³-hybridized carbons (Fsp3) is 0.385. The first-order valence-electron chi connectivity index (χ1n) is 12.0. The summed E-state index contributed by atoms with van der Waals surface area (Å²) in [5, 5.41) is 24.3. The number of nitrogens with zero attached hydrogens (tertiary/aromatic N) is 6. The molecule has 1 aromatic carbocycles. The van der Waals surface area contributed by atoms with Crippen molar-refractivity contribution in [2.45, 2.75) is 24.8 Å². The van der Waals surface area contributed by atoms with Crippen molar-refractivity contribution in [1.82, 2.24) is 29.9 Å². The zero-order valence-electron chi connectivity index (χ0n) is 19.9. The molecule has 0 atom stereocenters. The fourth-order valence-corrected chi connectivity index (χ4v) is 5.15. The van der Waals surface area contributed by atoms with Crippen LogP contribution in [0.2, 0.25) is 0 Å². The van der Waals surface area contributed by atoms with E-state index in [-0.39, 0.29) is 5.75 Å². The SMILES string of the molecule is COc1cc(-c2cccc(O)c2-c2ccc(C3CN(C4CCOCC4)C3)nn2)nc2cn(C)nc12. The van der Waals surface area contributed by atoms with Crippen LogP contribution in [0.4, 0.5) is 0 Å². The van der Waals surface area contributed by atoms with Gasteiger partial charge in [0.2, 0.25) is 0 Å². The van der Waals surface area contributed by atoms with E-state index >= 15 is 0 Å². The summed E-state index contributed by atoms with van der Waals surface area (Å²) >= 11 is 0.